The first-order chi connectivity index (χ1) is 32.3. The molecule has 9 nitrogen and oxygen atoms in total. The summed E-state index contributed by atoms with van der Waals surface area (Å²) in [4.78, 5) is 13.0. The highest BCUT2D eigenvalue weighted by atomic mass is 16.7. The van der Waals surface area contributed by atoms with Crippen LogP contribution in [-0.4, -0.2) is 87.5 Å². The Balaban J connectivity index is 2.14. The Bertz CT molecular complexity index is 1130. The van der Waals surface area contributed by atoms with E-state index in [4.69, 9.17) is 9.47 Å². The van der Waals surface area contributed by atoms with E-state index in [0.29, 0.717) is 12.8 Å². The predicted octanol–water partition coefficient (Wildman–Crippen LogP) is 13.6. The maximum atomic E-state index is 13.0. The van der Waals surface area contributed by atoms with Gasteiger partial charge in [-0.25, -0.2) is 0 Å². The summed E-state index contributed by atoms with van der Waals surface area (Å²) < 4.78 is 11.3. The first-order valence-electron chi connectivity index (χ1n) is 28.2. The van der Waals surface area contributed by atoms with Gasteiger partial charge in [-0.3, -0.25) is 4.79 Å². The van der Waals surface area contributed by atoms with E-state index >= 15 is 0 Å². The van der Waals surface area contributed by atoms with E-state index < -0.39 is 49.5 Å². The number of aliphatic hydroxyl groups is 5. The lowest BCUT2D eigenvalue weighted by Gasteiger charge is -2.40. The van der Waals surface area contributed by atoms with Gasteiger partial charge in [0.15, 0.2) is 6.29 Å². The molecule has 1 saturated heterocycles. The zero-order valence-electron chi connectivity index (χ0n) is 43.0. The summed E-state index contributed by atoms with van der Waals surface area (Å²) in [5, 5.41) is 54.5. The second-order valence-corrected chi connectivity index (χ2v) is 19.7. The van der Waals surface area contributed by atoms with Gasteiger partial charge in [-0.15, -0.1) is 0 Å². The Hall–Kier alpha value is -1.59. The first kappa shape index (κ1) is 62.4. The maximum absolute atomic E-state index is 13.0. The van der Waals surface area contributed by atoms with Gasteiger partial charge < -0.3 is 40.3 Å². The largest absolute Gasteiger partial charge is 0.394 e. The lowest BCUT2D eigenvalue weighted by Crippen LogP contribution is -2.60. The minimum atomic E-state index is -1.56. The van der Waals surface area contributed by atoms with Crippen LogP contribution in [-0.2, 0) is 14.3 Å². The SMILES string of the molecule is CC/C=C\C/C=C\C/C=C\CCCCCC(=O)NC(COC1OC(CO)C(O)C(O)C1O)C(O)CCCCCCCCCCCCCCCCCCCCCCCCCCCCCCCC. The minimum Gasteiger partial charge on any atom is -0.394 e. The average Bonchev–Trinajstić information content (AvgIpc) is 3.32. The number of hydrogen-bond acceptors (Lipinski definition) is 8. The van der Waals surface area contributed by atoms with Crippen LogP contribution in [0.25, 0.3) is 0 Å². The van der Waals surface area contributed by atoms with E-state index in [9.17, 15) is 30.3 Å². The summed E-state index contributed by atoms with van der Waals surface area (Å²) in [6.07, 6.45) is 53.4. The number of aliphatic hydroxyl groups excluding tert-OH is 5. The van der Waals surface area contributed by atoms with Gasteiger partial charge >= 0.3 is 0 Å². The van der Waals surface area contributed by atoms with Gasteiger partial charge in [-0.05, 0) is 44.9 Å². The highest BCUT2D eigenvalue weighted by Gasteiger charge is 2.44. The fraction of sp³-hybridized carbons (Fsp3) is 0.877. The van der Waals surface area contributed by atoms with Crippen LogP contribution in [0, 0.1) is 0 Å². The molecular weight excluding hydrogens is 827 g/mol. The van der Waals surface area contributed by atoms with E-state index in [1.54, 1.807) is 0 Å². The van der Waals surface area contributed by atoms with Crippen molar-refractivity contribution in [1.29, 1.82) is 0 Å². The average molecular weight is 934 g/mol. The molecule has 0 aromatic rings. The fourth-order valence-electron chi connectivity index (χ4n) is 9.06. The molecule has 0 aliphatic carbocycles. The van der Waals surface area contributed by atoms with Crippen LogP contribution in [0.15, 0.2) is 36.5 Å². The fourth-order valence-corrected chi connectivity index (χ4v) is 9.06. The van der Waals surface area contributed by atoms with Crippen molar-refractivity contribution in [2.24, 2.45) is 0 Å². The van der Waals surface area contributed by atoms with Gasteiger partial charge in [0.05, 0.1) is 25.4 Å². The van der Waals surface area contributed by atoms with Gasteiger partial charge in [0, 0.05) is 6.42 Å². The maximum Gasteiger partial charge on any atom is 0.220 e. The molecule has 1 rings (SSSR count). The highest BCUT2D eigenvalue weighted by molar-refractivity contribution is 5.76. The van der Waals surface area contributed by atoms with Gasteiger partial charge in [0.25, 0.3) is 0 Å². The van der Waals surface area contributed by atoms with Gasteiger partial charge in [-0.2, -0.15) is 0 Å². The van der Waals surface area contributed by atoms with Crippen LogP contribution < -0.4 is 5.32 Å². The molecule has 0 bridgehead atoms. The van der Waals surface area contributed by atoms with E-state index in [-0.39, 0.29) is 12.5 Å². The zero-order chi connectivity index (χ0) is 48.0. The van der Waals surface area contributed by atoms with Crippen molar-refractivity contribution < 1.29 is 39.8 Å². The summed E-state index contributed by atoms with van der Waals surface area (Å²) in [6, 6.07) is -0.734. The Kier molecular flexibility index (Phi) is 44.6. The van der Waals surface area contributed by atoms with Crippen molar-refractivity contribution in [3.05, 3.63) is 36.5 Å². The Labute approximate surface area is 406 Å². The summed E-state index contributed by atoms with van der Waals surface area (Å²) in [6.45, 7) is 3.72. The number of unbranched alkanes of at least 4 members (excludes halogenated alkanes) is 32. The van der Waals surface area contributed by atoms with Crippen LogP contribution in [0.3, 0.4) is 0 Å². The zero-order valence-corrected chi connectivity index (χ0v) is 43.0. The van der Waals surface area contributed by atoms with Gasteiger partial charge in [0.1, 0.15) is 24.4 Å². The molecule has 66 heavy (non-hydrogen) atoms. The van der Waals surface area contributed by atoms with Crippen LogP contribution >= 0.6 is 0 Å². The number of amides is 1. The van der Waals surface area contributed by atoms with E-state index in [2.05, 4.69) is 55.6 Å². The molecule has 1 amide bonds. The molecule has 1 aliphatic heterocycles. The predicted molar refractivity (Wildman–Crippen MR) is 276 cm³/mol. The van der Waals surface area contributed by atoms with Crippen molar-refractivity contribution >= 4 is 5.91 Å². The van der Waals surface area contributed by atoms with Crippen molar-refractivity contribution in [3.63, 3.8) is 0 Å². The molecular formula is C57H107NO8. The molecule has 7 atom stereocenters. The molecule has 1 heterocycles. The number of carbonyl (C=O) groups excluding carboxylic acids is 1. The molecule has 1 aliphatic rings. The molecule has 1 fully saturated rings. The molecule has 388 valence electrons. The molecule has 6 N–H and O–H groups in total. The summed E-state index contributed by atoms with van der Waals surface area (Å²) in [5.74, 6) is -0.171. The second-order valence-electron chi connectivity index (χ2n) is 19.7. The van der Waals surface area contributed by atoms with Gasteiger partial charge in [-0.1, -0.05) is 249 Å². The third-order valence-corrected chi connectivity index (χ3v) is 13.5. The number of carbonyl (C=O) groups is 1. The Morgan fingerprint density at radius 1 is 0.530 bits per heavy atom. The van der Waals surface area contributed by atoms with Crippen molar-refractivity contribution in [2.75, 3.05) is 13.2 Å². The lowest BCUT2D eigenvalue weighted by atomic mass is 9.99. The lowest BCUT2D eigenvalue weighted by molar-refractivity contribution is -0.302. The summed E-state index contributed by atoms with van der Waals surface area (Å²) in [7, 11) is 0. The number of rotatable bonds is 48. The van der Waals surface area contributed by atoms with Crippen LogP contribution in [0.5, 0.6) is 0 Å². The third kappa shape index (κ3) is 36.4. The van der Waals surface area contributed by atoms with Crippen LogP contribution in [0.1, 0.15) is 264 Å². The number of nitrogens with one attached hydrogen (secondary N) is 1. The standard InChI is InChI=1S/C57H107NO8/c1-3-5-7-9-11-13-15-17-18-19-20-21-22-23-24-25-26-27-28-29-30-31-32-33-35-36-38-40-42-44-46-51(60)50(49-65-57-56(64)55(63)54(62)52(48-59)66-57)58-53(61)47-45-43-41-39-37-34-16-14-12-10-8-6-4-2/h6,8,12,14,34,37,50-52,54-57,59-60,62-64H,3-5,7,9-11,13,15-33,35-36,38-49H2,1-2H3,(H,58,61)/b8-6-,14-12-,37-34-. The first-order valence-corrected chi connectivity index (χ1v) is 28.2. The van der Waals surface area contributed by atoms with Gasteiger partial charge in [0.2, 0.25) is 5.91 Å². The molecule has 9 heteroatoms. The molecule has 7 unspecified atom stereocenters. The number of allylic oxidation sites excluding steroid dienone is 6. The van der Waals surface area contributed by atoms with Crippen molar-refractivity contribution in [2.45, 2.75) is 307 Å². The van der Waals surface area contributed by atoms with Crippen molar-refractivity contribution in [3.8, 4) is 0 Å². The molecule has 0 aromatic heterocycles. The van der Waals surface area contributed by atoms with E-state index in [0.717, 1.165) is 64.2 Å². The molecule has 0 saturated carbocycles. The highest BCUT2D eigenvalue weighted by Crippen LogP contribution is 2.23. The second kappa shape index (κ2) is 47.1. The van der Waals surface area contributed by atoms with E-state index in [1.165, 1.54) is 173 Å². The normalized spacial score (nSPS) is 20.0. The summed E-state index contributed by atoms with van der Waals surface area (Å²) >= 11 is 0. The Morgan fingerprint density at radius 2 is 0.939 bits per heavy atom. The molecule has 0 spiro atoms. The van der Waals surface area contributed by atoms with Crippen molar-refractivity contribution in [1.82, 2.24) is 5.32 Å². The quantitative estimate of drug-likeness (QED) is 0.0261. The van der Waals surface area contributed by atoms with Crippen LogP contribution in [0.2, 0.25) is 0 Å². The molecule has 0 radical (unpaired) electrons. The van der Waals surface area contributed by atoms with Crippen LogP contribution in [0.4, 0.5) is 0 Å². The Morgan fingerprint density at radius 3 is 1.38 bits per heavy atom. The minimum absolute atomic E-state index is 0.149. The van der Waals surface area contributed by atoms with E-state index in [1.807, 2.05) is 0 Å². The number of hydrogen-bond donors (Lipinski definition) is 6. The number of ether oxygens (including phenoxy) is 2. The third-order valence-electron chi connectivity index (χ3n) is 13.5. The monoisotopic (exact) mass is 934 g/mol. The summed E-state index contributed by atoms with van der Waals surface area (Å²) in [5.41, 5.74) is 0. The smallest absolute Gasteiger partial charge is 0.220 e. The topological polar surface area (TPSA) is 149 Å². The molecule has 0 aromatic carbocycles.